The fraction of sp³-hybridized carbons (Fsp3) is 0.318. The first kappa shape index (κ1) is 22.4. The zero-order valence-corrected chi connectivity index (χ0v) is 18.0. The Balaban J connectivity index is 1.94. The highest BCUT2D eigenvalue weighted by molar-refractivity contribution is 7.80. The molecule has 0 spiro atoms. The summed E-state index contributed by atoms with van der Waals surface area (Å²) in [7, 11) is 3.48. The summed E-state index contributed by atoms with van der Waals surface area (Å²) in [5.74, 6) is 0.394. The second-order valence-corrected chi connectivity index (χ2v) is 7.50. The number of nitrogens with one attached hydrogen (secondary N) is 2. The fourth-order valence-corrected chi connectivity index (χ4v) is 2.81. The number of ether oxygens (including phenoxy) is 1. The lowest BCUT2D eigenvalue weighted by molar-refractivity contribution is -0.128. The Bertz CT molecular complexity index is 881. The molecule has 2 N–H and O–H groups in total. The molecule has 29 heavy (non-hydrogen) atoms. The number of rotatable bonds is 7. The average molecular weight is 414 g/mol. The SMILES string of the molecule is CC(C)Oc1cccc(C(=O)NC(=S)Nc2cccc(CCC(=O)N(C)C)c2)c1. The van der Waals surface area contributed by atoms with Crippen LogP contribution in [0.1, 0.15) is 36.2 Å². The van der Waals surface area contributed by atoms with Crippen molar-refractivity contribution in [1.82, 2.24) is 10.2 Å². The maximum Gasteiger partial charge on any atom is 0.257 e. The highest BCUT2D eigenvalue weighted by atomic mass is 32.1. The first-order valence-electron chi connectivity index (χ1n) is 9.42. The number of carbonyl (C=O) groups excluding carboxylic acids is 2. The number of hydrogen-bond acceptors (Lipinski definition) is 4. The molecule has 0 radical (unpaired) electrons. The van der Waals surface area contributed by atoms with Gasteiger partial charge in [0.05, 0.1) is 6.10 Å². The minimum Gasteiger partial charge on any atom is -0.491 e. The normalized spacial score (nSPS) is 10.4. The minimum absolute atomic E-state index is 0.0244. The van der Waals surface area contributed by atoms with Crippen LogP contribution in [-0.4, -0.2) is 42.0 Å². The summed E-state index contributed by atoms with van der Waals surface area (Å²) in [4.78, 5) is 25.8. The lowest BCUT2D eigenvalue weighted by Crippen LogP contribution is -2.34. The van der Waals surface area contributed by atoms with E-state index < -0.39 is 0 Å². The van der Waals surface area contributed by atoms with Crippen LogP contribution in [0.15, 0.2) is 48.5 Å². The van der Waals surface area contributed by atoms with Gasteiger partial charge in [-0.3, -0.25) is 14.9 Å². The third-order valence-electron chi connectivity index (χ3n) is 4.01. The second-order valence-electron chi connectivity index (χ2n) is 7.09. The van der Waals surface area contributed by atoms with Gasteiger partial charge in [-0.25, -0.2) is 0 Å². The summed E-state index contributed by atoms with van der Waals surface area (Å²) >= 11 is 5.26. The molecule has 154 valence electrons. The van der Waals surface area contributed by atoms with Gasteiger partial charge in [0, 0.05) is 31.8 Å². The van der Waals surface area contributed by atoms with Crippen molar-refractivity contribution in [2.75, 3.05) is 19.4 Å². The van der Waals surface area contributed by atoms with E-state index in [1.54, 1.807) is 43.3 Å². The van der Waals surface area contributed by atoms with Crippen LogP contribution in [-0.2, 0) is 11.2 Å². The first-order chi connectivity index (χ1) is 13.7. The summed E-state index contributed by atoms with van der Waals surface area (Å²) < 4.78 is 5.62. The molecule has 0 fully saturated rings. The van der Waals surface area contributed by atoms with Crippen LogP contribution in [0.25, 0.3) is 0 Å². The van der Waals surface area contributed by atoms with Crippen LogP contribution >= 0.6 is 12.2 Å². The molecule has 0 heterocycles. The lowest BCUT2D eigenvalue weighted by atomic mass is 10.1. The summed E-state index contributed by atoms with van der Waals surface area (Å²) in [6.45, 7) is 3.85. The maximum absolute atomic E-state index is 12.5. The zero-order chi connectivity index (χ0) is 21.4. The summed E-state index contributed by atoms with van der Waals surface area (Å²) in [5.41, 5.74) is 2.23. The Labute approximate surface area is 177 Å². The van der Waals surface area contributed by atoms with Crippen LogP contribution < -0.4 is 15.4 Å². The van der Waals surface area contributed by atoms with Crippen molar-refractivity contribution < 1.29 is 14.3 Å². The van der Waals surface area contributed by atoms with E-state index in [2.05, 4.69) is 10.6 Å². The van der Waals surface area contributed by atoms with Gasteiger partial charge in [-0.05, 0) is 68.4 Å². The van der Waals surface area contributed by atoms with Gasteiger partial charge in [-0.15, -0.1) is 0 Å². The van der Waals surface area contributed by atoms with Crippen molar-refractivity contribution in [1.29, 1.82) is 0 Å². The number of nitrogens with zero attached hydrogens (tertiary/aromatic N) is 1. The smallest absolute Gasteiger partial charge is 0.257 e. The topological polar surface area (TPSA) is 70.7 Å². The van der Waals surface area contributed by atoms with Gasteiger partial charge in [0.25, 0.3) is 5.91 Å². The molecule has 0 aliphatic heterocycles. The minimum atomic E-state index is -0.315. The summed E-state index contributed by atoms with van der Waals surface area (Å²) in [6.07, 6.45) is 1.09. The molecule has 0 aromatic heterocycles. The lowest BCUT2D eigenvalue weighted by Gasteiger charge is -2.13. The van der Waals surface area contributed by atoms with Crippen molar-refractivity contribution in [3.8, 4) is 5.75 Å². The van der Waals surface area contributed by atoms with Gasteiger partial charge in [0.15, 0.2) is 5.11 Å². The van der Waals surface area contributed by atoms with Crippen LogP contribution in [0, 0.1) is 0 Å². The molecule has 0 bridgehead atoms. The van der Waals surface area contributed by atoms with Gasteiger partial charge < -0.3 is 15.0 Å². The number of hydrogen-bond donors (Lipinski definition) is 2. The monoisotopic (exact) mass is 413 g/mol. The van der Waals surface area contributed by atoms with E-state index in [0.717, 1.165) is 11.3 Å². The number of aryl methyl sites for hydroxylation is 1. The van der Waals surface area contributed by atoms with Crippen LogP contribution in [0.3, 0.4) is 0 Å². The van der Waals surface area contributed by atoms with Crippen molar-refractivity contribution in [2.45, 2.75) is 32.8 Å². The number of anilines is 1. The molecule has 0 atom stereocenters. The number of benzene rings is 2. The number of amides is 2. The summed E-state index contributed by atoms with van der Waals surface area (Å²) in [5, 5.41) is 5.89. The van der Waals surface area contributed by atoms with Crippen LogP contribution in [0.4, 0.5) is 5.69 Å². The van der Waals surface area contributed by atoms with Crippen molar-refractivity contribution in [2.24, 2.45) is 0 Å². The Kier molecular flexibility index (Phi) is 8.15. The van der Waals surface area contributed by atoms with Crippen molar-refractivity contribution >= 4 is 34.8 Å². The van der Waals surface area contributed by atoms with E-state index in [9.17, 15) is 9.59 Å². The van der Waals surface area contributed by atoms with E-state index in [-0.39, 0.29) is 23.0 Å². The third kappa shape index (κ3) is 7.54. The van der Waals surface area contributed by atoms with Gasteiger partial charge in [0.1, 0.15) is 5.75 Å². The summed E-state index contributed by atoms with van der Waals surface area (Å²) in [6, 6.07) is 14.6. The Morgan fingerprint density at radius 1 is 1.10 bits per heavy atom. The van der Waals surface area contributed by atoms with Crippen LogP contribution in [0.2, 0.25) is 0 Å². The predicted octanol–water partition coefficient (Wildman–Crippen LogP) is 3.62. The average Bonchev–Trinajstić information content (AvgIpc) is 2.65. The van der Waals surface area contributed by atoms with E-state index in [4.69, 9.17) is 17.0 Å². The largest absolute Gasteiger partial charge is 0.491 e. The van der Waals surface area contributed by atoms with E-state index in [1.807, 2.05) is 38.1 Å². The molecule has 2 aromatic carbocycles. The molecule has 0 aliphatic carbocycles. The zero-order valence-electron chi connectivity index (χ0n) is 17.2. The molecule has 0 saturated carbocycles. The van der Waals surface area contributed by atoms with Gasteiger partial charge >= 0.3 is 0 Å². The Hall–Kier alpha value is -2.93. The standard InChI is InChI=1S/C22H27N3O3S/c1-15(2)28-19-10-6-8-17(14-19)21(27)24-22(29)23-18-9-5-7-16(13-18)11-12-20(26)25(3)4/h5-10,13-15H,11-12H2,1-4H3,(H2,23,24,27,29). The third-order valence-corrected chi connectivity index (χ3v) is 4.21. The molecule has 2 rings (SSSR count). The van der Waals surface area contributed by atoms with Crippen molar-refractivity contribution in [3.63, 3.8) is 0 Å². The molecule has 2 aromatic rings. The van der Waals surface area contributed by atoms with Gasteiger partial charge in [-0.1, -0.05) is 18.2 Å². The molecule has 0 unspecified atom stereocenters. The number of carbonyl (C=O) groups is 2. The fourth-order valence-electron chi connectivity index (χ4n) is 2.60. The quantitative estimate of drug-likeness (QED) is 0.679. The van der Waals surface area contributed by atoms with E-state index in [0.29, 0.717) is 24.2 Å². The highest BCUT2D eigenvalue weighted by Crippen LogP contribution is 2.16. The second kappa shape index (κ2) is 10.6. The predicted molar refractivity (Wildman–Crippen MR) is 119 cm³/mol. The molecule has 0 saturated heterocycles. The first-order valence-corrected chi connectivity index (χ1v) is 9.83. The molecular formula is C22H27N3O3S. The molecule has 2 amide bonds. The molecule has 7 heteroatoms. The molecule has 6 nitrogen and oxygen atoms in total. The number of thiocarbonyl (C=S) groups is 1. The van der Waals surface area contributed by atoms with E-state index >= 15 is 0 Å². The van der Waals surface area contributed by atoms with Gasteiger partial charge in [0.2, 0.25) is 5.91 Å². The van der Waals surface area contributed by atoms with Crippen molar-refractivity contribution in [3.05, 3.63) is 59.7 Å². The van der Waals surface area contributed by atoms with Crippen LogP contribution in [0.5, 0.6) is 5.75 Å². The van der Waals surface area contributed by atoms with E-state index in [1.165, 1.54) is 0 Å². The molecule has 0 aliphatic rings. The highest BCUT2D eigenvalue weighted by Gasteiger charge is 2.10. The Morgan fingerprint density at radius 2 is 1.83 bits per heavy atom. The molecular weight excluding hydrogens is 386 g/mol. The maximum atomic E-state index is 12.5. The van der Waals surface area contributed by atoms with Gasteiger partial charge in [-0.2, -0.15) is 0 Å². The Morgan fingerprint density at radius 3 is 2.52 bits per heavy atom.